The van der Waals surface area contributed by atoms with Gasteiger partial charge in [0.05, 0.1) is 17.8 Å². The van der Waals surface area contributed by atoms with Crippen LogP contribution in [-0.2, 0) is 23.9 Å². The Hall–Kier alpha value is -5.82. The maximum absolute atomic E-state index is 14.0. The van der Waals surface area contributed by atoms with Gasteiger partial charge in [0.2, 0.25) is 0 Å². The van der Waals surface area contributed by atoms with Crippen LogP contribution in [0.4, 0.5) is 13.2 Å². The van der Waals surface area contributed by atoms with Gasteiger partial charge >= 0.3 is 12.1 Å². The van der Waals surface area contributed by atoms with Gasteiger partial charge in [-0.3, -0.25) is 4.79 Å². The zero-order valence-corrected chi connectivity index (χ0v) is 25.4. The van der Waals surface area contributed by atoms with E-state index in [4.69, 9.17) is 9.47 Å². The SMILES string of the molecule is Cc1ccc(Cn2c(-c3ccc(Oc4cccc(OC(Cc5ccccc5)C(=O)O)c4)cc3)cc(C(F)(F)F)c(C#N)c2=O)c(C)c1. The lowest BCUT2D eigenvalue weighted by Crippen LogP contribution is -2.29. The summed E-state index contributed by atoms with van der Waals surface area (Å²) in [5, 5.41) is 19.2. The molecular weight excluding hydrogens is 609 g/mol. The smallest absolute Gasteiger partial charge is 0.417 e. The van der Waals surface area contributed by atoms with E-state index in [9.17, 15) is 33.1 Å². The van der Waals surface area contributed by atoms with Gasteiger partial charge < -0.3 is 19.1 Å². The van der Waals surface area contributed by atoms with Gasteiger partial charge in [0.15, 0.2) is 6.10 Å². The second-order valence-electron chi connectivity index (χ2n) is 11.0. The molecule has 0 aliphatic heterocycles. The van der Waals surface area contributed by atoms with Crippen LogP contribution < -0.4 is 15.0 Å². The Labute approximate surface area is 268 Å². The molecule has 1 heterocycles. The predicted octanol–water partition coefficient (Wildman–Crippen LogP) is 7.94. The molecule has 47 heavy (non-hydrogen) atoms. The summed E-state index contributed by atoms with van der Waals surface area (Å²) in [6.45, 7) is 3.71. The molecular formula is C37H29F3N2O5. The fourth-order valence-corrected chi connectivity index (χ4v) is 5.18. The van der Waals surface area contributed by atoms with Crippen molar-refractivity contribution >= 4 is 5.97 Å². The molecule has 4 aromatic carbocycles. The summed E-state index contributed by atoms with van der Waals surface area (Å²) in [7, 11) is 0. The number of nitrogens with zero attached hydrogens (tertiary/aromatic N) is 2. The van der Waals surface area contributed by atoms with Crippen molar-refractivity contribution in [2.24, 2.45) is 0 Å². The Morgan fingerprint density at radius 2 is 1.60 bits per heavy atom. The van der Waals surface area contributed by atoms with E-state index < -0.39 is 34.9 Å². The largest absolute Gasteiger partial charge is 0.478 e. The standard InChI is InChI=1S/C37H29F3N2O5/c1-23-11-12-27(24(2)17-23)22-42-33(20-32(37(38,39)40)31(21-41)35(42)43)26-13-15-28(16-14-26)46-29-9-6-10-30(19-29)47-34(36(44)45)18-25-7-4-3-5-8-25/h3-17,19-20,34H,18,22H2,1-2H3,(H,44,45). The Morgan fingerprint density at radius 3 is 2.23 bits per heavy atom. The number of aryl methyl sites for hydroxylation is 2. The first kappa shape index (κ1) is 32.6. The molecule has 5 rings (SSSR count). The number of carboxylic acids is 1. The van der Waals surface area contributed by atoms with Crippen LogP contribution in [-0.4, -0.2) is 21.7 Å². The van der Waals surface area contributed by atoms with E-state index in [1.807, 2.05) is 56.3 Å². The first-order valence-electron chi connectivity index (χ1n) is 14.6. The number of carbonyl (C=O) groups is 1. The highest BCUT2D eigenvalue weighted by Crippen LogP contribution is 2.35. The van der Waals surface area contributed by atoms with E-state index in [1.165, 1.54) is 41.0 Å². The predicted molar refractivity (Wildman–Crippen MR) is 170 cm³/mol. The van der Waals surface area contributed by atoms with Gasteiger partial charge in [-0.15, -0.1) is 0 Å². The molecule has 0 bridgehead atoms. The Morgan fingerprint density at radius 1 is 0.894 bits per heavy atom. The molecule has 1 N–H and O–H groups in total. The zero-order chi connectivity index (χ0) is 33.7. The number of halogens is 3. The summed E-state index contributed by atoms with van der Waals surface area (Å²) in [5.74, 6) is -0.181. The maximum atomic E-state index is 14.0. The highest BCUT2D eigenvalue weighted by Gasteiger charge is 2.36. The van der Waals surface area contributed by atoms with Crippen LogP contribution in [0.5, 0.6) is 17.2 Å². The Balaban J connectivity index is 1.44. The van der Waals surface area contributed by atoms with Crippen LogP contribution in [0, 0.1) is 25.2 Å². The summed E-state index contributed by atoms with van der Waals surface area (Å²) >= 11 is 0. The minimum atomic E-state index is -4.92. The minimum Gasteiger partial charge on any atom is -0.478 e. The van der Waals surface area contributed by atoms with E-state index in [-0.39, 0.29) is 24.4 Å². The molecule has 1 atom stereocenters. The molecule has 5 aromatic rings. The van der Waals surface area contributed by atoms with Gasteiger partial charge in [-0.25, -0.2) is 4.79 Å². The molecule has 1 aromatic heterocycles. The third-order valence-corrected chi connectivity index (χ3v) is 7.55. The van der Waals surface area contributed by atoms with Crippen molar-refractivity contribution in [3.63, 3.8) is 0 Å². The molecule has 1 unspecified atom stereocenters. The number of hydrogen-bond acceptors (Lipinski definition) is 5. The normalized spacial score (nSPS) is 11.8. The molecule has 7 nitrogen and oxygen atoms in total. The number of hydrogen-bond donors (Lipinski definition) is 1. The summed E-state index contributed by atoms with van der Waals surface area (Å²) < 4.78 is 54.8. The van der Waals surface area contributed by atoms with Gasteiger partial charge in [0, 0.05) is 12.5 Å². The van der Waals surface area contributed by atoms with Crippen LogP contribution in [0.25, 0.3) is 11.3 Å². The number of benzene rings is 4. The van der Waals surface area contributed by atoms with E-state index >= 15 is 0 Å². The van der Waals surface area contributed by atoms with Crippen LogP contribution in [0.3, 0.4) is 0 Å². The van der Waals surface area contributed by atoms with Crippen LogP contribution in [0.2, 0.25) is 0 Å². The summed E-state index contributed by atoms with van der Waals surface area (Å²) in [5.41, 5.74) is 0.341. The number of rotatable bonds is 10. The second-order valence-corrected chi connectivity index (χ2v) is 11.0. The third kappa shape index (κ3) is 7.71. The monoisotopic (exact) mass is 638 g/mol. The summed E-state index contributed by atoms with van der Waals surface area (Å²) in [6.07, 6.45) is -5.90. The van der Waals surface area contributed by atoms with Crippen molar-refractivity contribution in [2.75, 3.05) is 0 Å². The van der Waals surface area contributed by atoms with Gasteiger partial charge in [0.1, 0.15) is 28.9 Å². The number of aliphatic carboxylic acids is 1. The van der Waals surface area contributed by atoms with Crippen molar-refractivity contribution in [1.82, 2.24) is 4.57 Å². The Kier molecular flexibility index (Phi) is 9.47. The van der Waals surface area contributed by atoms with Crippen molar-refractivity contribution in [3.05, 3.63) is 147 Å². The highest BCUT2D eigenvalue weighted by atomic mass is 19.4. The maximum Gasteiger partial charge on any atom is 0.417 e. The van der Waals surface area contributed by atoms with E-state index in [1.54, 1.807) is 24.3 Å². The molecule has 10 heteroatoms. The lowest BCUT2D eigenvalue weighted by molar-refractivity contribution is -0.145. The van der Waals surface area contributed by atoms with Crippen LogP contribution >= 0.6 is 0 Å². The summed E-state index contributed by atoms with van der Waals surface area (Å²) in [6, 6.07) is 29.5. The first-order valence-corrected chi connectivity index (χ1v) is 14.6. The number of alkyl halides is 3. The number of ether oxygens (including phenoxy) is 2. The fraction of sp³-hybridized carbons (Fsp3) is 0.162. The Bertz CT molecular complexity index is 2010. The van der Waals surface area contributed by atoms with Crippen molar-refractivity contribution in [3.8, 4) is 34.6 Å². The third-order valence-electron chi connectivity index (χ3n) is 7.55. The lowest BCUT2D eigenvalue weighted by atomic mass is 10.0. The number of pyridine rings is 1. The topological polar surface area (TPSA) is 102 Å². The molecule has 0 saturated heterocycles. The van der Waals surface area contributed by atoms with Gasteiger partial charge in [-0.1, -0.05) is 60.2 Å². The molecule has 0 aliphatic rings. The number of aromatic nitrogens is 1. The highest BCUT2D eigenvalue weighted by molar-refractivity contribution is 5.73. The van der Waals surface area contributed by atoms with Crippen molar-refractivity contribution in [2.45, 2.75) is 39.1 Å². The lowest BCUT2D eigenvalue weighted by Gasteiger charge is -2.19. The van der Waals surface area contributed by atoms with Crippen LogP contribution in [0.1, 0.15) is 33.4 Å². The molecule has 0 spiro atoms. The number of nitriles is 1. The van der Waals surface area contributed by atoms with E-state index in [2.05, 4.69) is 0 Å². The van der Waals surface area contributed by atoms with Gasteiger partial charge in [-0.2, -0.15) is 18.4 Å². The zero-order valence-electron chi connectivity index (χ0n) is 25.4. The second kappa shape index (κ2) is 13.7. The molecule has 0 aliphatic carbocycles. The quantitative estimate of drug-likeness (QED) is 0.167. The van der Waals surface area contributed by atoms with Crippen molar-refractivity contribution < 1.29 is 32.5 Å². The molecule has 0 amide bonds. The first-order chi connectivity index (χ1) is 22.4. The van der Waals surface area contributed by atoms with Gasteiger partial charge in [-0.05, 0) is 78.6 Å². The van der Waals surface area contributed by atoms with Gasteiger partial charge in [0.25, 0.3) is 5.56 Å². The van der Waals surface area contributed by atoms with E-state index in [0.717, 1.165) is 28.3 Å². The minimum absolute atomic E-state index is 0.0126. The van der Waals surface area contributed by atoms with Crippen molar-refractivity contribution in [1.29, 1.82) is 5.26 Å². The summed E-state index contributed by atoms with van der Waals surface area (Å²) in [4.78, 5) is 25.2. The molecule has 238 valence electrons. The average Bonchev–Trinajstić information content (AvgIpc) is 3.03. The fourth-order valence-electron chi connectivity index (χ4n) is 5.18. The average molecular weight is 639 g/mol. The molecule has 0 fully saturated rings. The molecule has 0 saturated carbocycles. The molecule has 0 radical (unpaired) electrons. The van der Waals surface area contributed by atoms with E-state index in [0.29, 0.717) is 17.1 Å². The number of carboxylic acid groups (broad SMARTS) is 1. The van der Waals surface area contributed by atoms with Crippen LogP contribution in [0.15, 0.2) is 108 Å².